The number of nitrogens with one attached hydrogen (secondary N) is 1. The third-order valence-electron chi connectivity index (χ3n) is 5.56. The average Bonchev–Trinajstić information content (AvgIpc) is 2.65. The molecule has 29 heavy (non-hydrogen) atoms. The fraction of sp³-hybridized carbons (Fsp3) is 0.708. The van der Waals surface area contributed by atoms with Crippen molar-refractivity contribution in [2.45, 2.75) is 103 Å². The molecule has 0 saturated heterocycles. The molecule has 0 aliphatic rings. The van der Waals surface area contributed by atoms with E-state index in [9.17, 15) is 4.79 Å². The van der Waals surface area contributed by atoms with Crippen molar-refractivity contribution in [3.05, 3.63) is 34.9 Å². The predicted octanol–water partition coefficient (Wildman–Crippen LogP) is 8.29. The van der Waals surface area contributed by atoms with Gasteiger partial charge in [-0.3, -0.25) is 0 Å². The van der Waals surface area contributed by atoms with Crippen molar-refractivity contribution in [1.82, 2.24) is 5.32 Å². The van der Waals surface area contributed by atoms with Gasteiger partial charge in [0.25, 0.3) is 0 Å². The SMILES string of the molecule is CCC[CH2][Sn]([CH2]CCC)([CH2]CCC)[CH](NC(=O)OC(C)(C)C)c1ccc(Cl)cc1. The van der Waals surface area contributed by atoms with Crippen molar-refractivity contribution in [1.29, 1.82) is 0 Å². The Labute approximate surface area is 188 Å². The molecule has 0 aromatic heterocycles. The molecule has 0 spiro atoms. The number of ether oxygens (including phenoxy) is 1. The van der Waals surface area contributed by atoms with Gasteiger partial charge in [-0.25, -0.2) is 0 Å². The van der Waals surface area contributed by atoms with Crippen LogP contribution in [0.5, 0.6) is 0 Å². The second kappa shape index (κ2) is 13.1. The molecular weight excluding hydrogens is 488 g/mol. The summed E-state index contributed by atoms with van der Waals surface area (Å²) in [6, 6.07) is 8.13. The molecule has 0 heterocycles. The summed E-state index contributed by atoms with van der Waals surface area (Å²) >= 11 is 3.39. The van der Waals surface area contributed by atoms with Crippen LogP contribution in [0.15, 0.2) is 24.3 Å². The first kappa shape index (κ1) is 26.6. The Bertz CT molecular complexity index is 576. The number of benzene rings is 1. The molecule has 0 aliphatic carbocycles. The van der Waals surface area contributed by atoms with Gasteiger partial charge < -0.3 is 0 Å². The summed E-state index contributed by atoms with van der Waals surface area (Å²) < 4.78 is 9.75. The minimum absolute atomic E-state index is 0.126. The van der Waals surface area contributed by atoms with Gasteiger partial charge in [0.05, 0.1) is 0 Å². The normalized spacial score (nSPS) is 13.2. The van der Waals surface area contributed by atoms with E-state index in [1.165, 1.54) is 57.4 Å². The van der Waals surface area contributed by atoms with Crippen molar-refractivity contribution in [2.24, 2.45) is 0 Å². The fourth-order valence-corrected chi connectivity index (χ4v) is 21.6. The Hall–Kier alpha value is -0.421. The van der Waals surface area contributed by atoms with Crippen LogP contribution in [-0.2, 0) is 4.74 Å². The zero-order chi connectivity index (χ0) is 21.9. The number of rotatable bonds is 12. The van der Waals surface area contributed by atoms with Crippen LogP contribution in [0.4, 0.5) is 4.79 Å². The molecule has 3 nitrogen and oxygen atoms in total. The van der Waals surface area contributed by atoms with Crippen molar-refractivity contribution >= 4 is 36.1 Å². The molecule has 1 atom stereocenters. The monoisotopic (exact) mass is 531 g/mol. The number of hydrogen-bond donors (Lipinski definition) is 1. The summed E-state index contributed by atoms with van der Waals surface area (Å²) in [5.41, 5.74) is 0.711. The Morgan fingerprint density at radius 2 is 1.41 bits per heavy atom. The summed E-state index contributed by atoms with van der Waals surface area (Å²) in [4.78, 5) is 12.9. The van der Waals surface area contributed by atoms with Crippen LogP contribution in [0, 0.1) is 0 Å². The van der Waals surface area contributed by atoms with E-state index in [1.54, 1.807) is 0 Å². The van der Waals surface area contributed by atoms with Gasteiger partial charge in [-0.05, 0) is 0 Å². The van der Waals surface area contributed by atoms with Crippen LogP contribution >= 0.6 is 11.6 Å². The topological polar surface area (TPSA) is 38.3 Å². The first-order valence-electron chi connectivity index (χ1n) is 11.4. The number of carbonyl (C=O) groups excluding carboxylic acids is 1. The quantitative estimate of drug-likeness (QED) is 0.276. The molecular formula is C24H42ClNO2Sn. The second-order valence-electron chi connectivity index (χ2n) is 9.30. The van der Waals surface area contributed by atoms with Crippen LogP contribution in [0.3, 0.4) is 0 Å². The van der Waals surface area contributed by atoms with E-state index in [0.717, 1.165) is 5.02 Å². The van der Waals surface area contributed by atoms with Gasteiger partial charge in [-0.1, -0.05) is 0 Å². The number of hydrogen-bond acceptors (Lipinski definition) is 2. The van der Waals surface area contributed by atoms with E-state index in [2.05, 4.69) is 38.2 Å². The van der Waals surface area contributed by atoms with Gasteiger partial charge in [0, 0.05) is 0 Å². The number of amides is 1. The molecule has 1 unspecified atom stereocenters. The zero-order valence-electron chi connectivity index (χ0n) is 19.4. The third-order valence-corrected chi connectivity index (χ3v) is 22.2. The Kier molecular flexibility index (Phi) is 12.0. The van der Waals surface area contributed by atoms with E-state index >= 15 is 0 Å². The average molecular weight is 531 g/mol. The minimum atomic E-state index is -2.79. The van der Waals surface area contributed by atoms with E-state index in [1.807, 2.05) is 32.9 Å². The molecule has 0 aliphatic heterocycles. The molecule has 0 radical (unpaired) electrons. The molecule has 166 valence electrons. The summed E-state index contributed by atoms with van der Waals surface area (Å²) in [7, 11) is 0. The molecule has 1 amide bonds. The molecule has 0 fully saturated rings. The van der Waals surface area contributed by atoms with Gasteiger partial charge in [0.1, 0.15) is 0 Å². The summed E-state index contributed by atoms with van der Waals surface area (Å²) in [6.45, 7) is 12.6. The van der Waals surface area contributed by atoms with Crippen LogP contribution < -0.4 is 5.32 Å². The summed E-state index contributed by atoms with van der Waals surface area (Å²) in [5.74, 6) is 0. The first-order valence-corrected chi connectivity index (χ1v) is 19.5. The Morgan fingerprint density at radius 1 is 0.966 bits per heavy atom. The van der Waals surface area contributed by atoms with Gasteiger partial charge >= 0.3 is 189 Å². The number of alkyl carbamates (subject to hydrolysis) is 1. The van der Waals surface area contributed by atoms with Gasteiger partial charge in [0.15, 0.2) is 0 Å². The van der Waals surface area contributed by atoms with E-state index < -0.39 is 24.0 Å². The van der Waals surface area contributed by atoms with Crippen LogP contribution in [0.25, 0.3) is 0 Å². The van der Waals surface area contributed by atoms with Crippen LogP contribution in [0.2, 0.25) is 18.3 Å². The second-order valence-corrected chi connectivity index (χ2v) is 23.4. The fourth-order valence-electron chi connectivity index (χ4n) is 4.07. The van der Waals surface area contributed by atoms with Crippen molar-refractivity contribution in [2.75, 3.05) is 0 Å². The number of carbonyl (C=O) groups is 1. The van der Waals surface area contributed by atoms with E-state index in [0.29, 0.717) is 0 Å². The standard InChI is InChI=1S/C12H15ClNO2.3C4H9.Sn/c1-12(2,3)16-11(15)14-8-9-4-6-10(13)7-5-9;3*1-3-4-2;/h4-8H,1-3H3,(H,14,15);3*1,3-4H2,2H3;. The number of halogens is 1. The van der Waals surface area contributed by atoms with E-state index in [4.69, 9.17) is 16.3 Å². The molecule has 1 aromatic carbocycles. The maximum absolute atomic E-state index is 12.9. The van der Waals surface area contributed by atoms with E-state index in [-0.39, 0.29) is 10.2 Å². The molecule has 0 saturated carbocycles. The molecule has 5 heteroatoms. The van der Waals surface area contributed by atoms with Gasteiger partial charge in [0.2, 0.25) is 0 Å². The Morgan fingerprint density at radius 3 is 1.79 bits per heavy atom. The molecule has 1 N–H and O–H groups in total. The third kappa shape index (κ3) is 9.50. The number of unbranched alkanes of at least 4 members (excludes halogenated alkanes) is 3. The van der Waals surface area contributed by atoms with Crippen molar-refractivity contribution in [3.63, 3.8) is 0 Å². The van der Waals surface area contributed by atoms with Crippen LogP contribution in [-0.4, -0.2) is 30.1 Å². The zero-order valence-corrected chi connectivity index (χ0v) is 23.1. The predicted molar refractivity (Wildman–Crippen MR) is 128 cm³/mol. The Balaban J connectivity index is 3.37. The van der Waals surface area contributed by atoms with Gasteiger partial charge in [-0.2, -0.15) is 0 Å². The van der Waals surface area contributed by atoms with Crippen molar-refractivity contribution < 1.29 is 9.53 Å². The first-order chi connectivity index (χ1) is 13.7. The van der Waals surface area contributed by atoms with Crippen LogP contribution in [0.1, 0.15) is 89.7 Å². The summed E-state index contributed by atoms with van der Waals surface area (Å²) in [5, 5.41) is 4.10. The maximum atomic E-state index is 12.9. The summed E-state index contributed by atoms with van der Waals surface area (Å²) in [6.07, 6.45) is 7.09. The molecule has 0 bridgehead atoms. The molecule has 1 rings (SSSR count). The van der Waals surface area contributed by atoms with Crippen molar-refractivity contribution in [3.8, 4) is 0 Å². The molecule has 1 aromatic rings. The van der Waals surface area contributed by atoms with Gasteiger partial charge in [-0.15, -0.1) is 0 Å².